The standard InChI is InChI=1S/C22H26N2O4S/c1-5-27-18-7-6-8-19-20(18)24(13-14-26-4)22(29-19)23-21(25)16-9-11-17(12-10-16)28-15(2)3/h6-12,15H,5,13-14H2,1-4H3. The number of hydrogen-bond donors (Lipinski definition) is 0. The van der Waals surface area contributed by atoms with Gasteiger partial charge in [-0.15, -0.1) is 0 Å². The lowest BCUT2D eigenvalue weighted by Gasteiger charge is -2.10. The van der Waals surface area contributed by atoms with Gasteiger partial charge >= 0.3 is 0 Å². The normalized spacial score (nSPS) is 12.0. The number of aromatic nitrogens is 1. The highest BCUT2D eigenvalue weighted by molar-refractivity contribution is 7.16. The van der Waals surface area contributed by atoms with Gasteiger partial charge in [-0.25, -0.2) is 0 Å². The van der Waals surface area contributed by atoms with E-state index in [1.165, 1.54) is 11.3 Å². The third-order valence-corrected chi connectivity index (χ3v) is 5.20. The van der Waals surface area contributed by atoms with Crippen LogP contribution in [-0.4, -0.2) is 36.9 Å². The maximum absolute atomic E-state index is 12.8. The molecule has 0 bridgehead atoms. The van der Waals surface area contributed by atoms with Crippen molar-refractivity contribution in [3.05, 3.63) is 52.8 Å². The highest BCUT2D eigenvalue weighted by Gasteiger charge is 2.13. The van der Waals surface area contributed by atoms with E-state index in [9.17, 15) is 4.79 Å². The van der Waals surface area contributed by atoms with Gasteiger partial charge in [0.25, 0.3) is 5.91 Å². The summed E-state index contributed by atoms with van der Waals surface area (Å²) in [6, 6.07) is 12.9. The molecule has 1 heterocycles. The van der Waals surface area contributed by atoms with E-state index in [0.717, 1.165) is 21.7 Å². The van der Waals surface area contributed by atoms with E-state index in [1.807, 2.05) is 43.5 Å². The third-order valence-electron chi connectivity index (χ3n) is 4.15. The summed E-state index contributed by atoms with van der Waals surface area (Å²) < 4.78 is 19.7. The topological polar surface area (TPSA) is 62.0 Å². The largest absolute Gasteiger partial charge is 0.492 e. The fourth-order valence-corrected chi connectivity index (χ4v) is 4.02. The molecule has 7 heteroatoms. The smallest absolute Gasteiger partial charge is 0.279 e. The molecule has 0 radical (unpaired) electrons. The highest BCUT2D eigenvalue weighted by atomic mass is 32.1. The van der Waals surface area contributed by atoms with E-state index in [2.05, 4.69) is 4.99 Å². The number of methoxy groups -OCH3 is 1. The van der Waals surface area contributed by atoms with Crippen molar-refractivity contribution in [2.24, 2.45) is 4.99 Å². The molecule has 0 aliphatic heterocycles. The predicted molar refractivity (Wildman–Crippen MR) is 115 cm³/mol. The lowest BCUT2D eigenvalue weighted by Crippen LogP contribution is -2.19. The summed E-state index contributed by atoms with van der Waals surface area (Å²) in [5, 5.41) is 0. The van der Waals surface area contributed by atoms with Gasteiger partial charge in [0.2, 0.25) is 0 Å². The highest BCUT2D eigenvalue weighted by Crippen LogP contribution is 2.27. The SMILES string of the molecule is CCOc1cccc2sc(=NC(=O)c3ccc(OC(C)C)cc3)n(CCOC)c12. The van der Waals surface area contributed by atoms with Crippen molar-refractivity contribution in [2.75, 3.05) is 20.3 Å². The van der Waals surface area contributed by atoms with E-state index in [-0.39, 0.29) is 12.0 Å². The molecule has 6 nitrogen and oxygen atoms in total. The Bertz CT molecular complexity index is 1040. The van der Waals surface area contributed by atoms with Crippen LogP contribution in [0.4, 0.5) is 0 Å². The number of carbonyl (C=O) groups excluding carboxylic acids is 1. The van der Waals surface area contributed by atoms with Crippen LogP contribution in [0.15, 0.2) is 47.5 Å². The number of fused-ring (bicyclic) bond motifs is 1. The summed E-state index contributed by atoms with van der Waals surface area (Å²) in [5.74, 6) is 1.22. The maximum Gasteiger partial charge on any atom is 0.279 e. The van der Waals surface area contributed by atoms with Gasteiger partial charge < -0.3 is 18.8 Å². The average Bonchev–Trinajstić information content (AvgIpc) is 3.04. The fourth-order valence-electron chi connectivity index (χ4n) is 2.94. The van der Waals surface area contributed by atoms with Crippen molar-refractivity contribution in [1.82, 2.24) is 4.57 Å². The molecule has 1 amide bonds. The zero-order valence-corrected chi connectivity index (χ0v) is 18.0. The van der Waals surface area contributed by atoms with Gasteiger partial charge in [0.1, 0.15) is 17.0 Å². The molecule has 0 saturated carbocycles. The van der Waals surface area contributed by atoms with E-state index in [1.54, 1.807) is 31.4 Å². The molecule has 154 valence electrons. The van der Waals surface area contributed by atoms with Gasteiger partial charge in [0.05, 0.1) is 24.0 Å². The number of ether oxygens (including phenoxy) is 3. The first-order valence-corrected chi connectivity index (χ1v) is 10.4. The molecular weight excluding hydrogens is 388 g/mol. The van der Waals surface area contributed by atoms with Gasteiger partial charge in [-0.05, 0) is 57.2 Å². The number of nitrogens with zero attached hydrogens (tertiary/aromatic N) is 2. The molecule has 3 rings (SSSR count). The molecule has 0 fully saturated rings. The van der Waals surface area contributed by atoms with Crippen LogP contribution in [0.5, 0.6) is 11.5 Å². The molecule has 0 atom stereocenters. The summed E-state index contributed by atoms with van der Waals surface area (Å²) in [7, 11) is 1.65. The van der Waals surface area contributed by atoms with Crippen molar-refractivity contribution in [3.63, 3.8) is 0 Å². The van der Waals surface area contributed by atoms with Crippen molar-refractivity contribution in [1.29, 1.82) is 0 Å². The number of thiazole rings is 1. The second kappa shape index (κ2) is 9.71. The van der Waals surface area contributed by atoms with E-state index < -0.39 is 0 Å². The van der Waals surface area contributed by atoms with E-state index in [0.29, 0.717) is 30.1 Å². The molecule has 3 aromatic rings. The summed E-state index contributed by atoms with van der Waals surface area (Å²) in [6.45, 7) is 7.53. The van der Waals surface area contributed by atoms with Crippen LogP contribution >= 0.6 is 11.3 Å². The monoisotopic (exact) mass is 414 g/mol. The van der Waals surface area contributed by atoms with Gasteiger partial charge in [0.15, 0.2) is 4.80 Å². The minimum Gasteiger partial charge on any atom is -0.492 e. The first-order chi connectivity index (χ1) is 14.0. The van der Waals surface area contributed by atoms with Gasteiger partial charge in [-0.1, -0.05) is 17.4 Å². The number of hydrogen-bond acceptors (Lipinski definition) is 5. The maximum atomic E-state index is 12.8. The first kappa shape index (κ1) is 21.1. The van der Waals surface area contributed by atoms with Crippen molar-refractivity contribution >= 4 is 27.5 Å². The Labute approximate surface area is 174 Å². The second-order valence-corrected chi connectivity index (χ2v) is 7.68. The van der Waals surface area contributed by atoms with Gasteiger partial charge in [-0.2, -0.15) is 4.99 Å². The van der Waals surface area contributed by atoms with Crippen LogP contribution in [0.25, 0.3) is 10.2 Å². The fraction of sp³-hybridized carbons (Fsp3) is 0.364. The summed E-state index contributed by atoms with van der Waals surface area (Å²) in [6.07, 6.45) is 0.0825. The predicted octanol–water partition coefficient (Wildman–Crippen LogP) is 4.28. The van der Waals surface area contributed by atoms with Crippen LogP contribution in [0.2, 0.25) is 0 Å². The Hall–Kier alpha value is -2.64. The van der Waals surface area contributed by atoms with E-state index in [4.69, 9.17) is 14.2 Å². The van der Waals surface area contributed by atoms with Crippen molar-refractivity contribution in [2.45, 2.75) is 33.4 Å². The Morgan fingerprint density at radius 2 is 1.93 bits per heavy atom. The third kappa shape index (κ3) is 5.05. The zero-order chi connectivity index (χ0) is 20.8. The van der Waals surface area contributed by atoms with Crippen molar-refractivity contribution in [3.8, 4) is 11.5 Å². The molecule has 2 aromatic carbocycles. The van der Waals surface area contributed by atoms with Crippen LogP contribution in [-0.2, 0) is 11.3 Å². The van der Waals surface area contributed by atoms with Crippen LogP contribution < -0.4 is 14.3 Å². The molecular formula is C22H26N2O4S. The molecule has 29 heavy (non-hydrogen) atoms. The van der Waals surface area contributed by atoms with Crippen molar-refractivity contribution < 1.29 is 19.0 Å². The van der Waals surface area contributed by atoms with Crippen LogP contribution in [0.3, 0.4) is 0 Å². The second-order valence-electron chi connectivity index (χ2n) is 6.67. The lowest BCUT2D eigenvalue weighted by atomic mass is 10.2. The molecule has 0 unspecified atom stereocenters. The molecule has 0 N–H and O–H groups in total. The Balaban J connectivity index is 2.02. The Kier molecular flexibility index (Phi) is 7.06. The van der Waals surface area contributed by atoms with Crippen LogP contribution in [0, 0.1) is 0 Å². The quantitative estimate of drug-likeness (QED) is 0.552. The molecule has 1 aromatic heterocycles. The average molecular weight is 415 g/mol. The number of benzene rings is 2. The minimum atomic E-state index is -0.295. The first-order valence-electron chi connectivity index (χ1n) is 9.63. The lowest BCUT2D eigenvalue weighted by molar-refractivity contribution is 0.0997. The Morgan fingerprint density at radius 1 is 1.17 bits per heavy atom. The number of amides is 1. The summed E-state index contributed by atoms with van der Waals surface area (Å²) >= 11 is 1.46. The summed E-state index contributed by atoms with van der Waals surface area (Å²) in [5.41, 5.74) is 1.45. The number of para-hydroxylation sites is 1. The molecule has 0 aliphatic rings. The van der Waals surface area contributed by atoms with E-state index >= 15 is 0 Å². The summed E-state index contributed by atoms with van der Waals surface area (Å²) in [4.78, 5) is 17.8. The molecule has 0 saturated heterocycles. The Morgan fingerprint density at radius 3 is 2.59 bits per heavy atom. The van der Waals surface area contributed by atoms with Gasteiger partial charge in [0, 0.05) is 19.2 Å². The number of carbonyl (C=O) groups is 1. The van der Waals surface area contributed by atoms with Crippen LogP contribution in [0.1, 0.15) is 31.1 Å². The molecule has 0 aliphatic carbocycles. The zero-order valence-electron chi connectivity index (χ0n) is 17.2. The molecule has 0 spiro atoms. The van der Waals surface area contributed by atoms with Gasteiger partial charge in [-0.3, -0.25) is 4.79 Å². The minimum absolute atomic E-state index is 0.0825. The number of rotatable bonds is 8.